The van der Waals surface area contributed by atoms with E-state index in [1.807, 2.05) is 0 Å². The van der Waals surface area contributed by atoms with Crippen molar-refractivity contribution >= 4 is 11.9 Å². The van der Waals surface area contributed by atoms with Gasteiger partial charge in [0.05, 0.1) is 31.3 Å². The summed E-state index contributed by atoms with van der Waals surface area (Å²) in [4.78, 5) is 24.6. The molecule has 2 aromatic rings. The molecule has 1 heterocycles. The zero-order valence-corrected chi connectivity index (χ0v) is 30.9. The van der Waals surface area contributed by atoms with Gasteiger partial charge in [-0.2, -0.15) is 31.2 Å². The smallest absolute Gasteiger partial charge is 0.386 e. The second-order valence-electron chi connectivity index (χ2n) is 14.5. The molecule has 3 rings (SSSR count). The lowest BCUT2D eigenvalue weighted by molar-refractivity contribution is -0.846. The first-order valence-corrected chi connectivity index (χ1v) is 16.3. The molecule has 0 saturated carbocycles. The third-order valence-corrected chi connectivity index (χ3v) is 9.98. The van der Waals surface area contributed by atoms with E-state index in [0.29, 0.717) is 32.0 Å². The minimum Gasteiger partial charge on any atom is -0.386 e. The van der Waals surface area contributed by atoms with Crippen LogP contribution in [0.2, 0.25) is 0 Å². The van der Waals surface area contributed by atoms with Crippen LogP contribution in [0.15, 0.2) is 36.4 Å². The first-order chi connectivity index (χ1) is 25.6. The molecule has 1 aliphatic rings. The Kier molecular flexibility index (Phi) is 12.4. The fourth-order valence-electron chi connectivity index (χ4n) is 6.70. The summed E-state index contributed by atoms with van der Waals surface area (Å²) in [5, 5.41) is 145. The van der Waals surface area contributed by atoms with E-state index in [2.05, 4.69) is 0 Å². The Morgan fingerprint density at radius 3 is 1.72 bits per heavy atom. The first kappa shape index (κ1) is 48.7. The molecule has 1 aliphatic heterocycles. The van der Waals surface area contributed by atoms with Crippen LogP contribution < -0.4 is 5.32 Å². The molecule has 328 valence electrons. The van der Waals surface area contributed by atoms with E-state index in [-0.39, 0.29) is 18.2 Å². The lowest BCUT2D eigenvalue weighted by Crippen LogP contribution is -2.90. The highest BCUT2D eigenvalue weighted by Gasteiger charge is 2.79. The number of amides is 3. The summed E-state index contributed by atoms with van der Waals surface area (Å²) in [6.45, 7) is 2.67. The van der Waals surface area contributed by atoms with Crippen molar-refractivity contribution in [2.75, 3.05) is 14.1 Å². The van der Waals surface area contributed by atoms with Crippen molar-refractivity contribution in [1.29, 1.82) is 0 Å². The number of alkyl halides is 6. The normalized spacial score (nSPS) is 22.7. The number of hydrogen-bond donors (Lipinski definition) is 14. The van der Waals surface area contributed by atoms with Crippen LogP contribution in [0.4, 0.5) is 35.5 Å². The zero-order chi connectivity index (χ0) is 45.5. The standard InChI is InChI=1S/C32H41F7N4O15/c1-13-9-19(33)7-8-20(13)21-25(4,48)22(42(29(51,52)23(45)46)32(57,58)30(53,54)40-15(3)44)26(49,50)31(55,56)41(21)24(47)43(5,6)14(2)16-10-17(27(34,35)36)12-18(11-16)28(37,38)39/h7-12,14,21-23,45-46,48-58H,1-6H3/p+1. The minimum atomic E-state index is -5.40. The maximum Gasteiger partial charge on any atom is 0.424 e. The van der Waals surface area contributed by atoms with Crippen molar-refractivity contribution in [2.45, 2.75) is 99.5 Å². The molecule has 0 aromatic heterocycles. The average molecular weight is 856 g/mol. The summed E-state index contributed by atoms with van der Waals surface area (Å²) in [6, 6.07) is -8.53. The summed E-state index contributed by atoms with van der Waals surface area (Å²) in [5.74, 6) is -27.5. The summed E-state index contributed by atoms with van der Waals surface area (Å²) in [5.41, 5.74) is -9.55. The van der Waals surface area contributed by atoms with Gasteiger partial charge in [-0.25, -0.2) is 18.6 Å². The van der Waals surface area contributed by atoms with E-state index in [1.54, 1.807) is 0 Å². The average Bonchev–Trinajstić information content (AvgIpc) is 3.02. The number of halogens is 7. The predicted octanol–water partition coefficient (Wildman–Crippen LogP) is -2.41. The fraction of sp³-hybridized carbons (Fsp3) is 0.562. The second-order valence-corrected chi connectivity index (χ2v) is 14.5. The number of aryl methyl sites for hydroxylation is 1. The molecule has 0 radical (unpaired) electrons. The number of rotatable bonds is 9. The monoisotopic (exact) mass is 855 g/mol. The molecule has 2 aromatic carbocycles. The second kappa shape index (κ2) is 14.8. The summed E-state index contributed by atoms with van der Waals surface area (Å²) in [7, 11) is 1.49. The first-order valence-electron chi connectivity index (χ1n) is 16.3. The van der Waals surface area contributed by atoms with Crippen molar-refractivity contribution < 1.29 is 111 Å². The molecular weight excluding hydrogens is 813 g/mol. The van der Waals surface area contributed by atoms with Crippen molar-refractivity contribution in [2.24, 2.45) is 0 Å². The van der Waals surface area contributed by atoms with E-state index in [4.69, 9.17) is 0 Å². The van der Waals surface area contributed by atoms with Crippen molar-refractivity contribution in [3.8, 4) is 0 Å². The van der Waals surface area contributed by atoms with Crippen LogP contribution in [-0.2, 0) is 17.1 Å². The van der Waals surface area contributed by atoms with Crippen LogP contribution in [0, 0.1) is 12.7 Å². The number of quaternary nitrogens is 1. The van der Waals surface area contributed by atoms with Gasteiger partial charge in [0.2, 0.25) is 12.2 Å². The molecule has 1 saturated heterocycles. The van der Waals surface area contributed by atoms with Gasteiger partial charge in [0.25, 0.3) is 11.7 Å². The third kappa shape index (κ3) is 8.10. The Hall–Kier alpha value is -3.71. The molecule has 3 amide bonds. The third-order valence-electron chi connectivity index (χ3n) is 9.98. The largest absolute Gasteiger partial charge is 0.424 e. The molecule has 1 fully saturated rings. The topological polar surface area (TPSA) is 316 Å². The molecule has 0 spiro atoms. The van der Waals surface area contributed by atoms with Gasteiger partial charge in [0.15, 0.2) is 0 Å². The highest BCUT2D eigenvalue weighted by Crippen LogP contribution is 2.54. The van der Waals surface area contributed by atoms with E-state index < -0.39 is 132 Å². The molecular formula is C32H42F7N4O15+. The summed E-state index contributed by atoms with van der Waals surface area (Å²) >= 11 is 0. The molecule has 4 atom stereocenters. The van der Waals surface area contributed by atoms with E-state index in [0.717, 1.165) is 33.3 Å². The van der Waals surface area contributed by atoms with E-state index in [9.17, 15) is 107 Å². The van der Waals surface area contributed by atoms with Crippen molar-refractivity contribution in [3.63, 3.8) is 0 Å². The highest BCUT2D eigenvalue weighted by molar-refractivity contribution is 5.73. The van der Waals surface area contributed by atoms with E-state index >= 15 is 0 Å². The van der Waals surface area contributed by atoms with Gasteiger partial charge in [-0.1, -0.05) is 6.07 Å². The van der Waals surface area contributed by atoms with Crippen LogP contribution in [0.3, 0.4) is 0 Å². The number of benzene rings is 2. The molecule has 14 N–H and O–H groups in total. The maximum atomic E-state index is 14.7. The minimum absolute atomic E-state index is 0.206. The van der Waals surface area contributed by atoms with Gasteiger partial charge in [-0.15, -0.1) is 0 Å². The number of urea groups is 1. The number of aliphatic hydroxyl groups is 13. The predicted molar refractivity (Wildman–Crippen MR) is 172 cm³/mol. The lowest BCUT2D eigenvalue weighted by atomic mass is 9.71. The Labute approximate surface area is 322 Å². The number of aliphatic hydroxyl groups excluding tert-OH is 1. The van der Waals surface area contributed by atoms with Crippen LogP contribution in [0.25, 0.3) is 0 Å². The molecule has 26 heteroatoms. The van der Waals surface area contributed by atoms with Crippen LogP contribution in [0.5, 0.6) is 0 Å². The van der Waals surface area contributed by atoms with Crippen molar-refractivity contribution in [1.82, 2.24) is 15.1 Å². The Bertz CT molecular complexity index is 1870. The number of carbonyl (C=O) groups is 2. The Morgan fingerprint density at radius 2 is 1.33 bits per heavy atom. The number of nitrogens with zero attached hydrogens (tertiary/aromatic N) is 3. The molecule has 19 nitrogen and oxygen atoms in total. The summed E-state index contributed by atoms with van der Waals surface area (Å²) in [6.07, 6.45) is -14.7. The number of hydrogen-bond acceptors (Lipinski definition) is 16. The molecule has 0 bridgehead atoms. The summed E-state index contributed by atoms with van der Waals surface area (Å²) < 4.78 is 95.6. The number of nitrogens with one attached hydrogen (secondary N) is 1. The van der Waals surface area contributed by atoms with Gasteiger partial charge in [0, 0.05) is 12.5 Å². The number of likely N-dealkylation sites (tertiary alicyclic amines) is 1. The molecule has 4 unspecified atom stereocenters. The quantitative estimate of drug-likeness (QED) is 0.0710. The van der Waals surface area contributed by atoms with Gasteiger partial charge in [-0.3, -0.25) is 10.1 Å². The van der Waals surface area contributed by atoms with Gasteiger partial charge >= 0.3 is 36.1 Å². The fourth-order valence-corrected chi connectivity index (χ4v) is 6.70. The Balaban J connectivity index is 2.51. The van der Waals surface area contributed by atoms with Crippen molar-refractivity contribution in [3.05, 3.63) is 70.0 Å². The zero-order valence-electron chi connectivity index (χ0n) is 30.9. The molecule has 58 heavy (non-hydrogen) atoms. The number of carbonyl (C=O) groups excluding carboxylic acids is 2. The number of piperidine rings is 1. The van der Waals surface area contributed by atoms with Crippen LogP contribution >= 0.6 is 0 Å². The van der Waals surface area contributed by atoms with Gasteiger partial charge < -0.3 is 66.4 Å². The highest BCUT2D eigenvalue weighted by atomic mass is 19.4. The maximum absolute atomic E-state index is 14.7. The van der Waals surface area contributed by atoms with Gasteiger partial charge in [0.1, 0.15) is 23.5 Å². The van der Waals surface area contributed by atoms with Crippen LogP contribution in [0.1, 0.15) is 60.7 Å². The Morgan fingerprint density at radius 1 is 0.862 bits per heavy atom. The van der Waals surface area contributed by atoms with E-state index in [1.165, 1.54) is 0 Å². The SMILES string of the molecule is CC(=O)NC(O)(O)C(O)(O)N(C1C(C)(O)C(c2ccc(F)cc2C)N(C(=O)[N+](C)(C)C(C)c2cc(C(F)(F)F)cc(C(F)(F)F)c2)C(O)(O)C1(O)O)C(O)(O)C(O)O. The lowest BCUT2D eigenvalue weighted by Gasteiger charge is -2.64. The molecule has 0 aliphatic carbocycles. The van der Waals surface area contributed by atoms with Gasteiger partial charge in [-0.05, 0) is 62.2 Å². The van der Waals surface area contributed by atoms with Crippen LogP contribution in [-0.4, -0.2) is 154 Å².